The molecule has 0 fully saturated rings. The normalized spacial score (nSPS) is 15.7. The van der Waals surface area contributed by atoms with Gasteiger partial charge in [0.2, 0.25) is 0 Å². The van der Waals surface area contributed by atoms with Gasteiger partial charge in [0.25, 0.3) is 0 Å². The van der Waals surface area contributed by atoms with Crippen LogP contribution in [0.2, 0.25) is 0 Å². The van der Waals surface area contributed by atoms with E-state index in [4.69, 9.17) is 9.84 Å². The topological polar surface area (TPSA) is 100 Å². The number of hydrogen-bond acceptors (Lipinski definition) is 7. The SMILES string of the molecule is CCSCCOc1ccc2nc(C3=N[C@@H](C(=O)O)CS3)sc2c1.CF.[O-2]. The number of carbonyl (C=O) groups is 1. The molecule has 0 radical (unpaired) electrons. The Morgan fingerprint density at radius 1 is 1.46 bits per heavy atom. The highest BCUT2D eigenvalue weighted by molar-refractivity contribution is 8.15. The quantitative estimate of drug-likeness (QED) is 0.686. The molecule has 10 heteroatoms. The van der Waals surface area contributed by atoms with Gasteiger partial charge in [-0.05, 0) is 24.0 Å². The summed E-state index contributed by atoms with van der Waals surface area (Å²) in [5.74, 6) is 2.51. The number of carboxylic acids is 1. The van der Waals surface area contributed by atoms with Gasteiger partial charge in [0.1, 0.15) is 15.8 Å². The first-order chi connectivity index (χ1) is 12.2. The van der Waals surface area contributed by atoms with E-state index in [1.165, 1.54) is 23.1 Å². The molecule has 1 atom stereocenters. The van der Waals surface area contributed by atoms with Crippen molar-refractivity contribution >= 4 is 56.1 Å². The third-order valence-corrected chi connectivity index (χ3v) is 6.25. The van der Waals surface area contributed by atoms with E-state index in [0.29, 0.717) is 19.5 Å². The van der Waals surface area contributed by atoms with Crippen LogP contribution in [-0.4, -0.2) is 58.2 Å². The number of aliphatic carboxylic acids is 1. The molecular weight excluding hydrogens is 399 g/mol. The Hall–Kier alpha value is -1.36. The Balaban J connectivity index is 0.00000109. The fourth-order valence-electron chi connectivity index (χ4n) is 2.07. The molecule has 3 rings (SSSR count). The van der Waals surface area contributed by atoms with Crippen LogP contribution in [0.1, 0.15) is 11.9 Å². The first-order valence-corrected chi connectivity index (χ1v) is 10.6. The van der Waals surface area contributed by atoms with Crippen molar-refractivity contribution in [3.63, 3.8) is 0 Å². The van der Waals surface area contributed by atoms with Crippen LogP contribution in [0.5, 0.6) is 5.75 Å². The van der Waals surface area contributed by atoms with Gasteiger partial charge < -0.3 is 15.3 Å². The van der Waals surface area contributed by atoms with Gasteiger partial charge in [0.15, 0.2) is 6.04 Å². The Morgan fingerprint density at radius 3 is 2.88 bits per heavy atom. The maximum absolute atomic E-state index is 11.0. The lowest BCUT2D eigenvalue weighted by atomic mass is 10.3. The van der Waals surface area contributed by atoms with Crippen molar-refractivity contribution in [2.45, 2.75) is 13.0 Å². The number of halogens is 1. The lowest BCUT2D eigenvalue weighted by Crippen LogP contribution is -2.17. The molecule has 0 bridgehead atoms. The molecule has 1 aliphatic rings. The number of carboxylic acid groups (broad SMARTS) is 1. The average Bonchev–Trinajstić information content (AvgIpc) is 3.26. The summed E-state index contributed by atoms with van der Waals surface area (Å²) in [7, 11) is 0.500. The second-order valence-electron chi connectivity index (χ2n) is 4.79. The summed E-state index contributed by atoms with van der Waals surface area (Å²) in [6.07, 6.45) is 0. The third kappa shape index (κ3) is 5.83. The molecule has 0 unspecified atom stereocenters. The molecule has 1 aromatic heterocycles. The van der Waals surface area contributed by atoms with Crippen molar-refractivity contribution in [1.82, 2.24) is 4.98 Å². The first kappa shape index (κ1) is 22.7. The van der Waals surface area contributed by atoms with Gasteiger partial charge in [0, 0.05) is 11.5 Å². The average molecular weight is 419 g/mol. The number of aromatic nitrogens is 1. The van der Waals surface area contributed by atoms with Gasteiger partial charge in [-0.1, -0.05) is 6.92 Å². The van der Waals surface area contributed by atoms with E-state index in [-0.39, 0.29) is 5.48 Å². The van der Waals surface area contributed by atoms with Crippen LogP contribution < -0.4 is 4.74 Å². The van der Waals surface area contributed by atoms with E-state index >= 15 is 0 Å². The zero-order chi connectivity index (χ0) is 18.2. The minimum atomic E-state index is -0.880. The zero-order valence-corrected chi connectivity index (χ0v) is 16.8. The predicted octanol–water partition coefficient (Wildman–Crippen LogP) is 3.84. The van der Waals surface area contributed by atoms with Crippen LogP contribution in [0.15, 0.2) is 23.2 Å². The number of ether oxygens (including phenoxy) is 1. The lowest BCUT2D eigenvalue weighted by Gasteiger charge is -2.04. The standard InChI is InChI=1S/C15H16N2O3S3.CH3F.O/c1-2-21-6-5-20-9-3-4-10-12(7-9)23-14(16-10)13-17-11(8-22-13)15(18)19;1-2;/h3-4,7,11H,2,5-6,8H2,1H3,(H,18,19);1H3;/q;;-2/t11-;;/m1../s1. The van der Waals surface area contributed by atoms with Gasteiger partial charge in [-0.2, -0.15) is 11.8 Å². The molecule has 0 aliphatic carbocycles. The molecule has 1 aromatic carbocycles. The summed E-state index contributed by atoms with van der Waals surface area (Å²) in [5.41, 5.74) is 0.891. The van der Waals surface area contributed by atoms with Crippen molar-refractivity contribution in [3.05, 3.63) is 23.2 Å². The predicted molar refractivity (Wildman–Crippen MR) is 106 cm³/mol. The Morgan fingerprint density at radius 2 is 2.23 bits per heavy atom. The van der Waals surface area contributed by atoms with Gasteiger partial charge >= 0.3 is 5.97 Å². The fraction of sp³-hybridized carbons (Fsp3) is 0.438. The maximum atomic E-state index is 11.0. The molecule has 1 N–H and O–H groups in total. The van der Waals surface area contributed by atoms with Crippen molar-refractivity contribution in [1.29, 1.82) is 0 Å². The monoisotopic (exact) mass is 418 g/mol. The zero-order valence-electron chi connectivity index (χ0n) is 14.3. The van der Waals surface area contributed by atoms with E-state index in [0.717, 1.165) is 37.5 Å². The fourth-order valence-corrected chi connectivity index (χ4v) is 4.65. The largest absolute Gasteiger partial charge is 2.00 e. The van der Waals surface area contributed by atoms with E-state index in [1.54, 1.807) is 0 Å². The Kier molecular flexibility index (Phi) is 9.92. The Labute approximate surface area is 163 Å². The molecule has 0 saturated carbocycles. The smallest absolute Gasteiger partial charge is 0.329 e. The number of aliphatic imine (C=N–C) groups is 1. The number of thiazole rings is 1. The molecule has 2 aromatic rings. The van der Waals surface area contributed by atoms with Crippen molar-refractivity contribution in [3.8, 4) is 5.75 Å². The molecule has 144 valence electrons. The number of fused-ring (bicyclic) bond motifs is 1. The molecule has 26 heavy (non-hydrogen) atoms. The number of alkyl halides is 1. The summed E-state index contributed by atoms with van der Waals surface area (Å²) < 4.78 is 16.3. The summed E-state index contributed by atoms with van der Waals surface area (Å²) in [6, 6.07) is 5.19. The van der Waals surface area contributed by atoms with Gasteiger partial charge in [-0.25, -0.2) is 9.78 Å². The molecular formula is C16H19FN2O4S3-2. The maximum Gasteiger partial charge on any atom is 0.329 e. The van der Waals surface area contributed by atoms with Crippen LogP contribution in [0.3, 0.4) is 0 Å². The van der Waals surface area contributed by atoms with Crippen molar-refractivity contribution in [2.24, 2.45) is 4.99 Å². The minimum absolute atomic E-state index is 0. The van der Waals surface area contributed by atoms with Crippen LogP contribution in [0.4, 0.5) is 4.39 Å². The summed E-state index contributed by atoms with van der Waals surface area (Å²) in [6.45, 7) is 2.83. The number of thioether (sulfide) groups is 2. The molecule has 0 saturated heterocycles. The van der Waals surface area contributed by atoms with Crippen LogP contribution in [0.25, 0.3) is 10.2 Å². The van der Waals surface area contributed by atoms with Gasteiger partial charge in [-0.15, -0.1) is 23.1 Å². The highest BCUT2D eigenvalue weighted by atomic mass is 32.2. The third-order valence-electron chi connectivity index (χ3n) is 3.18. The van der Waals surface area contributed by atoms with E-state index in [2.05, 4.69) is 16.9 Å². The highest BCUT2D eigenvalue weighted by Gasteiger charge is 2.26. The van der Waals surface area contributed by atoms with Crippen LogP contribution >= 0.6 is 34.9 Å². The second-order valence-corrected chi connectivity index (χ2v) is 8.23. The lowest BCUT2D eigenvalue weighted by molar-refractivity contribution is -0.137. The number of nitrogens with zero attached hydrogens (tertiary/aromatic N) is 2. The van der Waals surface area contributed by atoms with Crippen LogP contribution in [-0.2, 0) is 10.3 Å². The molecule has 2 heterocycles. The first-order valence-electron chi connectivity index (χ1n) is 7.60. The number of benzene rings is 1. The van der Waals surface area contributed by atoms with Gasteiger partial charge in [-0.3, -0.25) is 9.38 Å². The summed E-state index contributed by atoms with van der Waals surface area (Å²) >= 11 is 4.83. The highest BCUT2D eigenvalue weighted by Crippen LogP contribution is 2.31. The molecule has 0 spiro atoms. The van der Waals surface area contributed by atoms with Gasteiger partial charge in [0.05, 0.1) is 24.0 Å². The summed E-state index contributed by atoms with van der Waals surface area (Å²) in [5, 5.41) is 10.5. The number of hydrogen-bond donors (Lipinski definition) is 1. The van der Waals surface area contributed by atoms with E-state index in [9.17, 15) is 9.18 Å². The van der Waals surface area contributed by atoms with Crippen molar-refractivity contribution < 1.29 is 24.5 Å². The van der Waals surface area contributed by atoms with E-state index in [1.807, 2.05) is 30.0 Å². The molecule has 6 nitrogen and oxygen atoms in total. The minimum Gasteiger partial charge on any atom is -2.00 e. The summed E-state index contributed by atoms with van der Waals surface area (Å²) in [4.78, 5) is 19.8. The Bertz CT molecular complexity index is 754. The number of rotatable bonds is 7. The second kappa shape index (κ2) is 11.4. The molecule has 1 aliphatic heterocycles. The van der Waals surface area contributed by atoms with Crippen molar-refractivity contribution in [2.75, 3.05) is 31.0 Å². The molecule has 0 amide bonds. The van der Waals surface area contributed by atoms with Crippen LogP contribution in [0, 0.1) is 0 Å². The van der Waals surface area contributed by atoms with E-state index < -0.39 is 12.0 Å².